The average molecular weight is 338 g/mol. The van der Waals surface area contributed by atoms with Crippen LogP contribution < -0.4 is 4.72 Å². The number of carbonyl (C=O) groups is 1. The lowest BCUT2D eigenvalue weighted by molar-refractivity contribution is 0.0600. The molecule has 5 nitrogen and oxygen atoms in total. The molecule has 0 aromatic heterocycles. The first-order valence-corrected chi connectivity index (χ1v) is 9.78. The molecule has 6 heteroatoms. The quantitative estimate of drug-likeness (QED) is 0.469. The van der Waals surface area contributed by atoms with Gasteiger partial charge in [-0.1, -0.05) is 6.42 Å². The summed E-state index contributed by atoms with van der Waals surface area (Å²) in [5.74, 6) is 3.40. The average Bonchev–Trinajstić information content (AvgIpc) is 2.59. The fourth-order valence-corrected chi connectivity index (χ4v) is 3.95. The molecule has 1 fully saturated rings. The van der Waals surface area contributed by atoms with Crippen LogP contribution in [0.15, 0.2) is 29.2 Å². The molecule has 0 amide bonds. The number of benzene rings is 1. The van der Waals surface area contributed by atoms with Crippen molar-refractivity contribution in [2.45, 2.75) is 30.6 Å². The standard InChI is InChI=1S/C17H26N2O3S/c1-22-17(20)15-7-9-16(10-8-15)23(2,21)18-11-6-14-19-12-4-3-5-13-19/h7-10H,2-6,11-14H2,1H3,(H,18,21). The predicted molar refractivity (Wildman–Crippen MR) is 94.2 cm³/mol. The van der Waals surface area contributed by atoms with Crippen molar-refractivity contribution >= 4 is 21.5 Å². The summed E-state index contributed by atoms with van der Waals surface area (Å²) in [5, 5.41) is 0. The molecule has 1 saturated heterocycles. The van der Waals surface area contributed by atoms with Gasteiger partial charge in [-0.25, -0.2) is 13.7 Å². The van der Waals surface area contributed by atoms with Crippen LogP contribution in [0.1, 0.15) is 36.0 Å². The van der Waals surface area contributed by atoms with Gasteiger partial charge in [-0.15, -0.1) is 0 Å². The zero-order chi connectivity index (χ0) is 16.7. The van der Waals surface area contributed by atoms with Gasteiger partial charge in [0.15, 0.2) is 0 Å². The molecule has 0 saturated carbocycles. The van der Waals surface area contributed by atoms with Crippen LogP contribution in [0.2, 0.25) is 0 Å². The Morgan fingerprint density at radius 2 is 1.91 bits per heavy atom. The molecule has 0 aliphatic carbocycles. The maximum absolute atomic E-state index is 12.6. The van der Waals surface area contributed by atoms with Crippen molar-refractivity contribution < 1.29 is 13.7 Å². The third-order valence-corrected chi connectivity index (χ3v) is 5.80. The summed E-state index contributed by atoms with van der Waals surface area (Å²) in [7, 11) is -1.20. The molecule has 1 atom stereocenters. The van der Waals surface area contributed by atoms with Crippen molar-refractivity contribution in [3.05, 3.63) is 29.8 Å². The van der Waals surface area contributed by atoms with E-state index in [2.05, 4.69) is 20.2 Å². The summed E-state index contributed by atoms with van der Waals surface area (Å²) in [6.07, 6.45) is 4.86. The molecular formula is C17H26N2O3S. The van der Waals surface area contributed by atoms with Gasteiger partial charge in [0.25, 0.3) is 0 Å². The Hall–Kier alpha value is -1.37. The highest BCUT2D eigenvalue weighted by Gasteiger charge is 2.11. The SMILES string of the molecule is C=S(=O)(NCCCN1CCCCC1)c1ccc(C(=O)OC)cc1. The number of esters is 1. The van der Waals surface area contributed by atoms with Crippen molar-refractivity contribution in [2.24, 2.45) is 0 Å². The Bertz CT molecular complexity index is 605. The maximum Gasteiger partial charge on any atom is 0.337 e. The first-order valence-electron chi connectivity index (χ1n) is 8.05. The number of methoxy groups -OCH3 is 1. The van der Waals surface area contributed by atoms with Crippen molar-refractivity contribution in [3.8, 4) is 0 Å². The van der Waals surface area contributed by atoms with Gasteiger partial charge in [-0.2, -0.15) is 0 Å². The van der Waals surface area contributed by atoms with E-state index >= 15 is 0 Å². The van der Waals surface area contributed by atoms with E-state index in [1.54, 1.807) is 24.3 Å². The summed E-state index contributed by atoms with van der Waals surface area (Å²) >= 11 is 0. The second-order valence-corrected chi connectivity index (χ2v) is 7.95. The lowest BCUT2D eigenvalue weighted by Crippen LogP contribution is -2.33. The van der Waals surface area contributed by atoms with Crippen molar-refractivity contribution in [3.63, 3.8) is 0 Å². The van der Waals surface area contributed by atoms with Crippen LogP contribution in [0, 0.1) is 0 Å². The zero-order valence-corrected chi connectivity index (χ0v) is 14.6. The highest BCUT2D eigenvalue weighted by molar-refractivity contribution is 7.98. The molecule has 1 aromatic rings. The third kappa shape index (κ3) is 5.34. The molecule has 2 rings (SSSR count). The number of nitrogens with zero attached hydrogens (tertiary/aromatic N) is 1. The highest BCUT2D eigenvalue weighted by atomic mass is 32.2. The molecule has 1 unspecified atom stereocenters. The number of hydrogen-bond acceptors (Lipinski definition) is 4. The summed E-state index contributed by atoms with van der Waals surface area (Å²) in [6.45, 7) is 4.05. The van der Waals surface area contributed by atoms with Crippen LogP contribution in [0.25, 0.3) is 0 Å². The Labute approximate surface area is 139 Å². The van der Waals surface area contributed by atoms with E-state index in [9.17, 15) is 9.00 Å². The van der Waals surface area contributed by atoms with Crippen LogP contribution >= 0.6 is 0 Å². The Morgan fingerprint density at radius 3 is 2.52 bits per heavy atom. The fraction of sp³-hybridized carbons (Fsp3) is 0.529. The van der Waals surface area contributed by atoms with E-state index in [1.165, 1.54) is 39.5 Å². The van der Waals surface area contributed by atoms with Gasteiger partial charge in [0, 0.05) is 11.4 Å². The first kappa shape index (κ1) is 18.0. The van der Waals surface area contributed by atoms with Gasteiger partial charge < -0.3 is 9.64 Å². The maximum atomic E-state index is 12.6. The third-order valence-electron chi connectivity index (χ3n) is 4.09. The first-order chi connectivity index (χ1) is 11.0. The van der Waals surface area contributed by atoms with E-state index in [0.29, 0.717) is 17.0 Å². The minimum absolute atomic E-state index is 0.401. The van der Waals surface area contributed by atoms with E-state index in [0.717, 1.165) is 13.0 Å². The molecule has 0 radical (unpaired) electrons. The second kappa shape index (κ2) is 8.47. The van der Waals surface area contributed by atoms with Gasteiger partial charge in [-0.3, -0.25) is 0 Å². The van der Waals surface area contributed by atoms with Crippen molar-refractivity contribution in [1.29, 1.82) is 0 Å². The van der Waals surface area contributed by atoms with Crippen LogP contribution in [0.4, 0.5) is 0 Å². The van der Waals surface area contributed by atoms with E-state index in [4.69, 9.17) is 0 Å². The summed E-state index contributed by atoms with van der Waals surface area (Å²) in [5.41, 5.74) is 0.441. The molecule has 0 bridgehead atoms. The lowest BCUT2D eigenvalue weighted by atomic mass is 10.1. The number of ether oxygens (including phenoxy) is 1. The fourth-order valence-electron chi connectivity index (χ4n) is 2.73. The number of carbonyl (C=O) groups excluding carboxylic acids is 1. The number of rotatable bonds is 7. The van der Waals surface area contributed by atoms with Crippen molar-refractivity contribution in [1.82, 2.24) is 9.62 Å². The van der Waals surface area contributed by atoms with Crippen LogP contribution in [0.3, 0.4) is 0 Å². The molecule has 128 valence electrons. The molecule has 1 aliphatic rings. The Balaban J connectivity index is 1.82. The van der Waals surface area contributed by atoms with Crippen LogP contribution in [-0.2, 0) is 14.4 Å². The molecule has 1 N–H and O–H groups in total. The van der Waals surface area contributed by atoms with E-state index in [1.807, 2.05) is 0 Å². The minimum Gasteiger partial charge on any atom is -0.465 e. The predicted octanol–water partition coefficient (Wildman–Crippen LogP) is 1.93. The minimum atomic E-state index is -2.53. The van der Waals surface area contributed by atoms with Gasteiger partial charge >= 0.3 is 5.97 Å². The zero-order valence-electron chi connectivity index (χ0n) is 13.8. The van der Waals surface area contributed by atoms with Gasteiger partial charge in [-0.05, 0) is 69.0 Å². The molecule has 0 spiro atoms. The van der Waals surface area contributed by atoms with Gasteiger partial charge in [0.05, 0.1) is 22.4 Å². The van der Waals surface area contributed by atoms with E-state index in [-0.39, 0.29) is 0 Å². The molecule has 1 aliphatic heterocycles. The van der Waals surface area contributed by atoms with Crippen LogP contribution in [-0.4, -0.2) is 54.2 Å². The number of hydrogen-bond donors (Lipinski definition) is 1. The molecular weight excluding hydrogens is 312 g/mol. The Morgan fingerprint density at radius 1 is 1.26 bits per heavy atom. The Kier molecular flexibility index (Phi) is 6.62. The van der Waals surface area contributed by atoms with Gasteiger partial charge in [0.2, 0.25) is 0 Å². The van der Waals surface area contributed by atoms with E-state index < -0.39 is 15.7 Å². The second-order valence-electron chi connectivity index (χ2n) is 5.84. The van der Waals surface area contributed by atoms with Crippen LogP contribution in [0.5, 0.6) is 0 Å². The molecule has 1 aromatic carbocycles. The van der Waals surface area contributed by atoms with Crippen molar-refractivity contribution in [2.75, 3.05) is 33.3 Å². The largest absolute Gasteiger partial charge is 0.465 e. The topological polar surface area (TPSA) is 58.6 Å². The normalized spacial score (nSPS) is 18.3. The number of nitrogens with one attached hydrogen (secondary N) is 1. The lowest BCUT2D eigenvalue weighted by Gasteiger charge is -2.26. The molecule has 1 heterocycles. The monoisotopic (exact) mass is 338 g/mol. The smallest absolute Gasteiger partial charge is 0.337 e. The highest BCUT2D eigenvalue weighted by Crippen LogP contribution is 2.12. The number of piperidine rings is 1. The van der Waals surface area contributed by atoms with Gasteiger partial charge in [0.1, 0.15) is 0 Å². The number of likely N-dealkylation sites (tertiary alicyclic amines) is 1. The summed E-state index contributed by atoms with van der Waals surface area (Å²) in [4.78, 5) is 14.5. The summed E-state index contributed by atoms with van der Waals surface area (Å²) < 4.78 is 20.3. The molecule has 23 heavy (non-hydrogen) atoms. The summed E-state index contributed by atoms with van der Waals surface area (Å²) in [6, 6.07) is 6.56.